The molecule has 19 heteroatoms. The van der Waals surface area contributed by atoms with Crippen molar-refractivity contribution in [3.8, 4) is 5.75 Å². The molecule has 386 valence electrons. The number of piperidine rings is 2. The first-order chi connectivity index (χ1) is 35.6. The summed E-state index contributed by atoms with van der Waals surface area (Å²) in [5.74, 6) is -1.66. The number of esters is 1. The van der Waals surface area contributed by atoms with Crippen LogP contribution >= 0.6 is 11.6 Å². The fourth-order valence-electron chi connectivity index (χ4n) is 9.73. The normalized spacial score (nSPS) is 22.3. The highest BCUT2D eigenvalue weighted by Gasteiger charge is 2.36. The van der Waals surface area contributed by atoms with Gasteiger partial charge in [-0.05, 0) is 151 Å². The lowest BCUT2D eigenvalue weighted by molar-refractivity contribution is -0.139. The number of nitrogens with zero attached hydrogens (tertiary/aromatic N) is 5. The summed E-state index contributed by atoms with van der Waals surface area (Å²) in [6.45, 7) is 4.68. The van der Waals surface area contributed by atoms with E-state index >= 15 is 0 Å². The molecule has 4 aliphatic rings. The molecular formula is C53H63ClF3N7O8. The number of aromatic nitrogens is 2. The molecule has 0 spiro atoms. The summed E-state index contributed by atoms with van der Waals surface area (Å²) in [6, 6.07) is 10.0. The third kappa shape index (κ3) is 12.2. The molecule has 4 aromatic rings. The van der Waals surface area contributed by atoms with Gasteiger partial charge in [0.2, 0.25) is 11.8 Å². The van der Waals surface area contributed by atoms with Crippen molar-refractivity contribution in [3.05, 3.63) is 87.2 Å². The molecule has 0 unspecified atom stereocenters. The predicted molar refractivity (Wildman–Crippen MR) is 265 cm³/mol. The Kier molecular flexibility index (Phi) is 14.1. The van der Waals surface area contributed by atoms with Gasteiger partial charge in [-0.25, -0.2) is 19.6 Å². The summed E-state index contributed by atoms with van der Waals surface area (Å²) in [4.78, 5) is 78.0. The van der Waals surface area contributed by atoms with E-state index in [9.17, 15) is 37.1 Å². The second-order valence-electron chi connectivity index (χ2n) is 20.0. The average Bonchev–Trinajstić information content (AvgIpc) is 3.34. The summed E-state index contributed by atoms with van der Waals surface area (Å²) in [6.07, 6.45) is -3.08. The van der Waals surface area contributed by atoms with Gasteiger partial charge < -0.3 is 29.3 Å². The lowest BCUT2D eigenvalue weighted by Crippen LogP contribution is -2.49. The summed E-state index contributed by atoms with van der Waals surface area (Å²) in [5.41, 5.74) is -0.0543. The Balaban J connectivity index is 0.882. The number of alkyl halides is 3. The van der Waals surface area contributed by atoms with Crippen molar-refractivity contribution in [1.29, 1.82) is 0 Å². The number of carbonyl (C=O) groups is 5. The van der Waals surface area contributed by atoms with Gasteiger partial charge in [-0.2, -0.15) is 13.2 Å². The van der Waals surface area contributed by atoms with E-state index in [0.29, 0.717) is 91.2 Å². The maximum absolute atomic E-state index is 14.3. The number of rotatable bonds is 12. The van der Waals surface area contributed by atoms with Crippen LogP contribution in [0.3, 0.4) is 0 Å². The van der Waals surface area contributed by atoms with Crippen LogP contribution in [0, 0.1) is 18.8 Å². The number of likely N-dealkylation sites (tertiary alicyclic amines) is 2. The van der Waals surface area contributed by atoms with Crippen molar-refractivity contribution < 1.29 is 56.8 Å². The monoisotopic (exact) mass is 1020 g/mol. The van der Waals surface area contributed by atoms with Crippen molar-refractivity contribution in [1.82, 2.24) is 25.1 Å². The third-order valence-electron chi connectivity index (χ3n) is 13.6. The van der Waals surface area contributed by atoms with Crippen LogP contribution in [0.1, 0.15) is 146 Å². The lowest BCUT2D eigenvalue weighted by atomic mass is 9.77. The zero-order valence-electron chi connectivity index (χ0n) is 45.2. The van der Waals surface area contributed by atoms with Gasteiger partial charge in [-0.3, -0.25) is 24.6 Å². The number of methoxy groups -OCH3 is 1. The predicted octanol–water partition coefficient (Wildman–Crippen LogP) is 10.0. The fraction of sp³-hybridized carbons (Fsp3) is 0.528. The van der Waals surface area contributed by atoms with E-state index in [0.717, 1.165) is 22.6 Å². The topological polar surface area (TPSA) is 173 Å². The smallest absolute Gasteiger partial charge is 0.416 e. The van der Waals surface area contributed by atoms with Gasteiger partial charge in [0, 0.05) is 74.1 Å². The summed E-state index contributed by atoms with van der Waals surface area (Å²) in [7, 11) is 1.53. The van der Waals surface area contributed by atoms with E-state index in [-0.39, 0.29) is 72.2 Å². The third-order valence-corrected chi connectivity index (χ3v) is 13.9. The van der Waals surface area contributed by atoms with Crippen molar-refractivity contribution in [2.75, 3.05) is 56.6 Å². The van der Waals surface area contributed by atoms with E-state index < -0.39 is 66.3 Å². The zero-order chi connectivity index (χ0) is 55.2. The number of hydrogen-bond acceptors (Lipinski definition) is 11. The van der Waals surface area contributed by atoms with Crippen LogP contribution < -0.4 is 20.3 Å². The molecule has 0 bridgehead atoms. The number of halogens is 4. The van der Waals surface area contributed by atoms with Crippen molar-refractivity contribution >= 4 is 63.7 Å². The Hall–Kier alpha value is -6.01. The molecule has 72 heavy (non-hydrogen) atoms. The highest BCUT2D eigenvalue weighted by Crippen LogP contribution is 2.43. The molecule has 15 nitrogen and oxygen atoms in total. The fourth-order valence-corrected chi connectivity index (χ4v) is 9.95. The van der Waals surface area contributed by atoms with Gasteiger partial charge in [-0.1, -0.05) is 11.6 Å². The molecule has 3 saturated heterocycles. The maximum atomic E-state index is 14.3. The van der Waals surface area contributed by atoms with Gasteiger partial charge in [0.05, 0.1) is 46.6 Å². The molecule has 0 radical (unpaired) electrons. The highest BCUT2D eigenvalue weighted by atomic mass is 35.5. The number of hydrogen-bond donors (Lipinski definition) is 2. The van der Waals surface area contributed by atoms with Crippen LogP contribution in [0.25, 0.3) is 10.9 Å². The van der Waals surface area contributed by atoms with Crippen molar-refractivity contribution in [2.45, 2.75) is 122 Å². The van der Waals surface area contributed by atoms with Crippen molar-refractivity contribution in [2.24, 2.45) is 11.8 Å². The number of fused-ring (bicyclic) bond motifs is 1. The minimum atomic E-state index is -4.74. The number of carbonyl (C=O) groups excluding carboxylic acids is 5. The van der Waals surface area contributed by atoms with Gasteiger partial charge in [0.25, 0.3) is 5.91 Å². The van der Waals surface area contributed by atoms with E-state index in [1.54, 1.807) is 63.8 Å². The maximum Gasteiger partial charge on any atom is 0.416 e. The molecule has 8 rings (SSSR count). The second kappa shape index (κ2) is 21.6. The molecule has 3 aliphatic heterocycles. The summed E-state index contributed by atoms with van der Waals surface area (Å²) in [5, 5.41) is 6.34. The molecule has 4 fully saturated rings. The molecule has 4 heterocycles. The SMILES string of the molecule is [2H]C1([2H])CC(OCC2CCN(C(=O)c3ccc(Cl)c(N4CCC(=O)NC4=O)c3)CC2)CC([2H])([2H])N1C(=O)C1CCC(c2cc3c(N[C@H](C)c4cc(C(=O)OC(C)(C)C)cc(C(F)(F)F)c4)nc(C)nc3cc2OC)CC1. The molecular weight excluding hydrogens is 955 g/mol. The molecule has 1 aliphatic carbocycles. The van der Waals surface area contributed by atoms with Crippen molar-refractivity contribution in [3.63, 3.8) is 0 Å². The standard InChI is InChI=1S/C53H63ClF3N7O8/c1-30(36-23-37(50(68)72-52(3,4)5)25-38(24-36)53(55,56)57)58-47-41-27-40(45(70-6)28-43(41)59-31(2)60-47)33-7-9-34(10-8-33)48(66)63-20-15-39(16-21-63)71-29-32-13-18-62(19-14-32)49(67)35-11-12-42(54)44(26-35)64-22-17-46(65)61-51(64)69/h11-12,23-28,30,32-34,39H,7-10,13-22,29H2,1-6H3,(H,58,59,60)(H,61,65,69)/t30-,33?,34?/m1/s1/i20D2,21D2. The van der Waals surface area contributed by atoms with Crippen LogP contribution in [0.2, 0.25) is 5.02 Å². The zero-order valence-corrected chi connectivity index (χ0v) is 42.0. The number of anilines is 2. The Morgan fingerprint density at radius 3 is 2.26 bits per heavy atom. The number of benzene rings is 3. The summed E-state index contributed by atoms with van der Waals surface area (Å²) >= 11 is 6.39. The van der Waals surface area contributed by atoms with Gasteiger partial charge in [-0.15, -0.1) is 0 Å². The Morgan fingerprint density at radius 2 is 1.61 bits per heavy atom. The molecule has 5 amide bonds. The number of imide groups is 1. The van der Waals surface area contributed by atoms with E-state index in [1.165, 1.54) is 18.1 Å². The Bertz CT molecular complexity index is 2890. The van der Waals surface area contributed by atoms with Crippen LogP contribution in [-0.4, -0.2) is 108 Å². The minimum absolute atomic E-state index is 0.0144. The van der Waals surface area contributed by atoms with Gasteiger partial charge in [0.15, 0.2) is 0 Å². The van der Waals surface area contributed by atoms with Crippen LogP contribution in [0.15, 0.2) is 48.5 Å². The van der Waals surface area contributed by atoms with E-state index in [4.69, 9.17) is 31.3 Å². The van der Waals surface area contributed by atoms with Crippen LogP contribution in [0.4, 0.5) is 29.5 Å². The number of ether oxygens (including phenoxy) is 3. The number of amides is 5. The number of nitrogens with one attached hydrogen (secondary N) is 2. The largest absolute Gasteiger partial charge is 0.496 e. The first-order valence-electron chi connectivity index (χ1n) is 26.3. The second-order valence-corrected chi connectivity index (χ2v) is 20.4. The molecule has 2 N–H and O–H groups in total. The Labute approximate surface area is 428 Å². The van der Waals surface area contributed by atoms with Crippen LogP contribution in [-0.2, 0) is 25.2 Å². The quantitative estimate of drug-likeness (QED) is 0.129. The average molecular weight is 1020 g/mol. The minimum Gasteiger partial charge on any atom is -0.496 e. The first kappa shape index (κ1) is 47.0. The number of urea groups is 1. The van der Waals surface area contributed by atoms with Gasteiger partial charge in [0.1, 0.15) is 23.0 Å². The lowest BCUT2D eigenvalue weighted by Gasteiger charge is -2.37. The van der Waals surface area contributed by atoms with Crippen LogP contribution in [0.5, 0.6) is 5.75 Å². The Morgan fingerprint density at radius 1 is 0.903 bits per heavy atom. The highest BCUT2D eigenvalue weighted by molar-refractivity contribution is 6.34. The number of aryl methyl sites for hydroxylation is 1. The van der Waals surface area contributed by atoms with E-state index in [2.05, 4.69) is 20.6 Å². The molecule has 1 atom stereocenters. The molecule has 1 saturated carbocycles. The van der Waals surface area contributed by atoms with Gasteiger partial charge >= 0.3 is 18.2 Å². The van der Waals surface area contributed by atoms with E-state index in [1.807, 2.05) is 6.07 Å². The molecule has 1 aromatic heterocycles. The summed E-state index contributed by atoms with van der Waals surface area (Å²) < 4.78 is 95.9. The molecule has 3 aromatic carbocycles. The first-order valence-corrected chi connectivity index (χ1v) is 24.7.